The third kappa shape index (κ3) is 3.40. The molecule has 0 spiro atoms. The molecule has 0 aliphatic rings. The van der Waals surface area contributed by atoms with Crippen LogP contribution < -0.4 is 5.32 Å². The summed E-state index contributed by atoms with van der Waals surface area (Å²) in [6.45, 7) is 4.57. The Morgan fingerprint density at radius 1 is 1.47 bits per heavy atom. The predicted molar refractivity (Wildman–Crippen MR) is 67.7 cm³/mol. The highest BCUT2D eigenvalue weighted by atomic mass is 19.1. The number of carboxylic acid groups (broad SMARTS) is 1. The number of hydrogen-bond acceptors (Lipinski definition) is 4. The number of aliphatic carboxylic acids is 1. The molecule has 0 fully saturated rings. The number of rotatable bonds is 5. The summed E-state index contributed by atoms with van der Waals surface area (Å²) in [4.78, 5) is 21.0. The van der Waals surface area contributed by atoms with Gasteiger partial charge in [-0.1, -0.05) is 0 Å². The van der Waals surface area contributed by atoms with E-state index in [-0.39, 0.29) is 11.3 Å². The van der Waals surface area contributed by atoms with Crippen LogP contribution in [0.1, 0.15) is 19.4 Å². The molecular formula is C12H15FN2O4. The third-order valence-corrected chi connectivity index (χ3v) is 3.00. The maximum absolute atomic E-state index is 13.3. The van der Waals surface area contributed by atoms with Crippen molar-refractivity contribution in [2.24, 2.45) is 5.92 Å². The lowest BCUT2D eigenvalue weighted by molar-refractivity contribution is -0.384. The van der Waals surface area contributed by atoms with E-state index in [9.17, 15) is 19.3 Å². The lowest BCUT2D eigenvalue weighted by Gasteiger charge is -2.19. The molecule has 0 radical (unpaired) electrons. The average Bonchev–Trinajstić information content (AvgIpc) is 2.31. The number of nitrogens with one attached hydrogen (secondary N) is 1. The summed E-state index contributed by atoms with van der Waals surface area (Å²) >= 11 is 0. The van der Waals surface area contributed by atoms with Gasteiger partial charge in [-0.3, -0.25) is 14.9 Å². The van der Waals surface area contributed by atoms with Crippen molar-refractivity contribution in [2.75, 3.05) is 5.32 Å². The van der Waals surface area contributed by atoms with Gasteiger partial charge in [-0.15, -0.1) is 0 Å². The number of anilines is 1. The predicted octanol–water partition coefficient (Wildman–Crippen LogP) is 2.56. The van der Waals surface area contributed by atoms with Crippen LogP contribution in [0.15, 0.2) is 12.1 Å². The molecule has 19 heavy (non-hydrogen) atoms. The number of nitro benzene ring substituents is 1. The van der Waals surface area contributed by atoms with Crippen molar-refractivity contribution in [3.05, 3.63) is 33.6 Å². The van der Waals surface area contributed by atoms with E-state index in [4.69, 9.17) is 5.11 Å². The summed E-state index contributed by atoms with van der Waals surface area (Å²) in [7, 11) is 0. The van der Waals surface area contributed by atoms with Gasteiger partial charge in [-0.25, -0.2) is 4.39 Å². The smallest absolute Gasteiger partial charge is 0.308 e. The molecule has 0 aromatic heterocycles. The van der Waals surface area contributed by atoms with E-state index >= 15 is 0 Å². The number of benzene rings is 1. The summed E-state index contributed by atoms with van der Waals surface area (Å²) in [5.41, 5.74) is -0.0414. The second-order valence-electron chi connectivity index (χ2n) is 4.44. The normalized spacial score (nSPS) is 13.7. The van der Waals surface area contributed by atoms with Gasteiger partial charge in [-0.05, 0) is 32.4 Å². The summed E-state index contributed by atoms with van der Waals surface area (Å²) in [6, 6.07) is 1.61. The standard InChI is InChI=1S/C12H15FN2O4/c1-6-4-10(11(15(18)19)5-9(6)13)14-8(3)7(2)12(16)17/h4-5,7-8,14H,1-3H3,(H,16,17). The minimum Gasteiger partial charge on any atom is -0.481 e. The molecule has 1 rings (SSSR count). The molecule has 7 heteroatoms. The van der Waals surface area contributed by atoms with Crippen molar-refractivity contribution in [3.8, 4) is 0 Å². The number of hydrogen-bond donors (Lipinski definition) is 2. The van der Waals surface area contributed by atoms with Gasteiger partial charge in [0.2, 0.25) is 0 Å². The zero-order valence-electron chi connectivity index (χ0n) is 10.8. The number of nitrogens with zero attached hydrogens (tertiary/aromatic N) is 1. The first kappa shape index (κ1) is 14.9. The summed E-state index contributed by atoms with van der Waals surface area (Å²) < 4.78 is 13.3. The first-order chi connectivity index (χ1) is 8.73. The number of carboxylic acids is 1. The third-order valence-electron chi connectivity index (χ3n) is 3.00. The lowest BCUT2D eigenvalue weighted by atomic mass is 10.0. The lowest BCUT2D eigenvalue weighted by Crippen LogP contribution is -2.30. The fraction of sp³-hybridized carbons (Fsp3) is 0.417. The van der Waals surface area contributed by atoms with Crippen LogP contribution in [0.5, 0.6) is 0 Å². The van der Waals surface area contributed by atoms with Gasteiger partial charge in [-0.2, -0.15) is 0 Å². The van der Waals surface area contributed by atoms with E-state index in [1.54, 1.807) is 6.92 Å². The van der Waals surface area contributed by atoms with E-state index in [1.807, 2.05) is 0 Å². The minimum absolute atomic E-state index is 0.115. The van der Waals surface area contributed by atoms with Gasteiger partial charge in [0.25, 0.3) is 5.69 Å². The van der Waals surface area contributed by atoms with Gasteiger partial charge in [0.1, 0.15) is 11.5 Å². The molecule has 0 aliphatic carbocycles. The number of carbonyl (C=O) groups is 1. The Balaban J connectivity index is 3.09. The monoisotopic (exact) mass is 270 g/mol. The van der Waals surface area contributed by atoms with E-state index in [2.05, 4.69) is 5.32 Å². The zero-order chi connectivity index (χ0) is 14.7. The molecule has 0 aliphatic heterocycles. The highest BCUT2D eigenvalue weighted by Crippen LogP contribution is 2.28. The van der Waals surface area contributed by atoms with Gasteiger partial charge in [0.05, 0.1) is 16.9 Å². The molecule has 104 valence electrons. The largest absolute Gasteiger partial charge is 0.481 e. The molecule has 0 saturated carbocycles. The Morgan fingerprint density at radius 2 is 2.05 bits per heavy atom. The van der Waals surface area contributed by atoms with Crippen LogP contribution in [0, 0.1) is 28.8 Å². The van der Waals surface area contributed by atoms with Crippen molar-refractivity contribution in [1.82, 2.24) is 0 Å². The second-order valence-corrected chi connectivity index (χ2v) is 4.44. The van der Waals surface area contributed by atoms with Crippen molar-refractivity contribution >= 4 is 17.3 Å². The van der Waals surface area contributed by atoms with E-state index in [1.165, 1.54) is 19.9 Å². The Morgan fingerprint density at radius 3 is 2.53 bits per heavy atom. The van der Waals surface area contributed by atoms with Gasteiger partial charge in [0, 0.05) is 6.04 Å². The maximum Gasteiger partial charge on any atom is 0.308 e. The highest BCUT2D eigenvalue weighted by molar-refractivity contribution is 5.72. The van der Waals surface area contributed by atoms with Gasteiger partial charge >= 0.3 is 5.97 Å². The van der Waals surface area contributed by atoms with Crippen molar-refractivity contribution < 1.29 is 19.2 Å². The molecular weight excluding hydrogens is 255 g/mol. The minimum atomic E-state index is -1.01. The second kappa shape index (κ2) is 5.64. The molecule has 0 amide bonds. The van der Waals surface area contributed by atoms with Crippen LogP contribution >= 0.6 is 0 Å². The van der Waals surface area contributed by atoms with E-state index < -0.39 is 34.4 Å². The fourth-order valence-electron chi connectivity index (χ4n) is 1.52. The number of halogens is 1. The Labute approximate surface area is 109 Å². The van der Waals surface area contributed by atoms with Crippen LogP contribution in [0.2, 0.25) is 0 Å². The van der Waals surface area contributed by atoms with Gasteiger partial charge in [0.15, 0.2) is 0 Å². The van der Waals surface area contributed by atoms with Gasteiger partial charge < -0.3 is 10.4 Å². The molecule has 2 unspecified atom stereocenters. The molecule has 0 heterocycles. The molecule has 0 bridgehead atoms. The first-order valence-corrected chi connectivity index (χ1v) is 5.68. The van der Waals surface area contributed by atoms with Crippen molar-refractivity contribution in [1.29, 1.82) is 0 Å². The molecule has 0 saturated heterocycles. The molecule has 6 nitrogen and oxygen atoms in total. The molecule has 1 aromatic carbocycles. The van der Waals surface area contributed by atoms with Crippen LogP contribution in [0.4, 0.5) is 15.8 Å². The van der Waals surface area contributed by atoms with E-state index in [0.717, 1.165) is 6.07 Å². The highest BCUT2D eigenvalue weighted by Gasteiger charge is 2.23. The van der Waals surface area contributed by atoms with Crippen LogP contribution in [0.25, 0.3) is 0 Å². The Bertz CT molecular complexity index is 519. The summed E-state index contributed by atoms with van der Waals surface area (Å²) in [5.74, 6) is -2.41. The zero-order valence-corrected chi connectivity index (χ0v) is 10.8. The average molecular weight is 270 g/mol. The maximum atomic E-state index is 13.3. The quantitative estimate of drug-likeness (QED) is 0.633. The van der Waals surface area contributed by atoms with Crippen LogP contribution in [-0.2, 0) is 4.79 Å². The molecule has 2 atom stereocenters. The number of nitro groups is 1. The van der Waals surface area contributed by atoms with Crippen molar-refractivity contribution in [3.63, 3.8) is 0 Å². The SMILES string of the molecule is Cc1cc(NC(C)C(C)C(=O)O)c([N+](=O)[O-])cc1F. The first-order valence-electron chi connectivity index (χ1n) is 5.68. The van der Waals surface area contributed by atoms with Crippen LogP contribution in [-0.4, -0.2) is 22.0 Å². The summed E-state index contributed by atoms with van der Waals surface area (Å²) in [6.07, 6.45) is 0. The topological polar surface area (TPSA) is 92.5 Å². The van der Waals surface area contributed by atoms with Crippen LogP contribution in [0.3, 0.4) is 0 Å². The summed E-state index contributed by atoms with van der Waals surface area (Å²) in [5, 5.41) is 22.5. The molecule has 2 N–H and O–H groups in total. The molecule has 1 aromatic rings. The Kier molecular flexibility index (Phi) is 4.42. The van der Waals surface area contributed by atoms with E-state index in [0.29, 0.717) is 0 Å². The van der Waals surface area contributed by atoms with Crippen molar-refractivity contribution in [2.45, 2.75) is 26.8 Å². The Hall–Kier alpha value is -2.18. The fourth-order valence-corrected chi connectivity index (χ4v) is 1.52. The number of aryl methyl sites for hydroxylation is 1.